The minimum atomic E-state index is 0.0311. The summed E-state index contributed by atoms with van der Waals surface area (Å²) in [7, 11) is 1.83. The largest absolute Gasteiger partial charge is 0.507 e. The van der Waals surface area contributed by atoms with Gasteiger partial charge >= 0.3 is 0 Å². The number of amides is 1. The lowest BCUT2D eigenvalue weighted by Crippen LogP contribution is -2.41. The molecular formula is C18H23BrN4O2S. The van der Waals surface area contributed by atoms with Crippen LogP contribution in [0.25, 0.3) is 11.4 Å². The summed E-state index contributed by atoms with van der Waals surface area (Å²) in [6, 6.07) is 5.46. The number of halogens is 1. The van der Waals surface area contributed by atoms with Crippen molar-refractivity contribution in [1.29, 1.82) is 0 Å². The first-order valence-electron chi connectivity index (χ1n) is 8.76. The van der Waals surface area contributed by atoms with Gasteiger partial charge in [0.15, 0.2) is 11.0 Å². The van der Waals surface area contributed by atoms with Crippen molar-refractivity contribution in [3.8, 4) is 17.1 Å². The summed E-state index contributed by atoms with van der Waals surface area (Å²) in [6.45, 7) is 2.21. The van der Waals surface area contributed by atoms with Crippen LogP contribution in [0.3, 0.4) is 0 Å². The Hall–Kier alpha value is -1.54. The van der Waals surface area contributed by atoms with Crippen molar-refractivity contribution in [3.63, 3.8) is 0 Å². The van der Waals surface area contributed by atoms with Crippen LogP contribution < -0.4 is 5.32 Å². The Morgan fingerprint density at radius 3 is 2.92 bits per heavy atom. The molecule has 0 unspecified atom stereocenters. The molecule has 0 bridgehead atoms. The van der Waals surface area contributed by atoms with Crippen LogP contribution in [0.15, 0.2) is 27.8 Å². The van der Waals surface area contributed by atoms with E-state index in [4.69, 9.17) is 0 Å². The van der Waals surface area contributed by atoms with Crippen molar-refractivity contribution >= 4 is 33.6 Å². The van der Waals surface area contributed by atoms with Crippen LogP contribution in [0.1, 0.15) is 32.6 Å². The second kappa shape index (κ2) is 8.43. The molecule has 1 aromatic carbocycles. The number of carbonyl (C=O) groups is 1. The van der Waals surface area contributed by atoms with Gasteiger partial charge in [0.25, 0.3) is 0 Å². The molecule has 1 aliphatic carbocycles. The molecule has 1 amide bonds. The summed E-state index contributed by atoms with van der Waals surface area (Å²) in [5.41, 5.74) is 0.599. The maximum atomic E-state index is 12.3. The molecule has 0 aliphatic heterocycles. The number of phenolic OH excluding ortho intramolecular Hbond substituents is 1. The molecule has 1 saturated carbocycles. The van der Waals surface area contributed by atoms with Gasteiger partial charge in [0.1, 0.15) is 5.75 Å². The SMILES string of the molecule is C[C@H]1CCCC[C@@H]1NC(=O)CSc1nnc(-c2cc(Br)ccc2O)n1C. The van der Waals surface area contributed by atoms with Gasteiger partial charge in [-0.3, -0.25) is 4.79 Å². The van der Waals surface area contributed by atoms with Crippen molar-refractivity contribution in [2.75, 3.05) is 5.75 Å². The van der Waals surface area contributed by atoms with Crippen LogP contribution in [-0.4, -0.2) is 37.6 Å². The van der Waals surface area contributed by atoms with E-state index in [2.05, 4.69) is 38.4 Å². The minimum absolute atomic E-state index is 0.0311. The Morgan fingerprint density at radius 1 is 1.38 bits per heavy atom. The quantitative estimate of drug-likeness (QED) is 0.694. The molecule has 140 valence electrons. The van der Waals surface area contributed by atoms with Gasteiger partial charge < -0.3 is 15.0 Å². The van der Waals surface area contributed by atoms with E-state index in [1.54, 1.807) is 22.8 Å². The highest BCUT2D eigenvalue weighted by molar-refractivity contribution is 9.10. The van der Waals surface area contributed by atoms with E-state index in [1.165, 1.54) is 31.0 Å². The molecule has 1 aromatic heterocycles. The number of rotatable bonds is 5. The number of aromatic nitrogens is 3. The highest BCUT2D eigenvalue weighted by atomic mass is 79.9. The average Bonchev–Trinajstić information content (AvgIpc) is 2.98. The molecule has 0 spiro atoms. The first-order valence-corrected chi connectivity index (χ1v) is 10.5. The van der Waals surface area contributed by atoms with Crippen LogP contribution >= 0.6 is 27.7 Å². The molecule has 0 radical (unpaired) electrons. The van der Waals surface area contributed by atoms with Crippen molar-refractivity contribution in [3.05, 3.63) is 22.7 Å². The second-order valence-electron chi connectivity index (χ2n) is 6.75. The Bertz CT molecular complexity index is 795. The van der Waals surface area contributed by atoms with E-state index in [9.17, 15) is 9.90 Å². The van der Waals surface area contributed by atoms with Crippen LogP contribution in [0, 0.1) is 5.92 Å². The topological polar surface area (TPSA) is 80.0 Å². The number of benzene rings is 1. The maximum absolute atomic E-state index is 12.3. The summed E-state index contributed by atoms with van der Waals surface area (Å²) in [5.74, 6) is 1.58. The van der Waals surface area contributed by atoms with Crippen molar-refractivity contribution < 1.29 is 9.90 Å². The molecule has 0 saturated heterocycles. The number of carbonyl (C=O) groups excluding carboxylic acids is 1. The first-order chi connectivity index (χ1) is 12.5. The Kier molecular flexibility index (Phi) is 6.24. The van der Waals surface area contributed by atoms with E-state index in [1.807, 2.05) is 7.05 Å². The predicted molar refractivity (Wildman–Crippen MR) is 106 cm³/mol. The molecule has 26 heavy (non-hydrogen) atoms. The number of nitrogens with one attached hydrogen (secondary N) is 1. The van der Waals surface area contributed by atoms with E-state index in [0.29, 0.717) is 28.2 Å². The number of thioether (sulfide) groups is 1. The number of hydrogen-bond donors (Lipinski definition) is 2. The monoisotopic (exact) mass is 438 g/mol. The fraction of sp³-hybridized carbons (Fsp3) is 0.500. The van der Waals surface area contributed by atoms with Crippen molar-refractivity contribution in [2.45, 2.75) is 43.8 Å². The normalized spacial score (nSPS) is 20.1. The number of nitrogens with zero attached hydrogens (tertiary/aromatic N) is 3. The standard InChI is InChI=1S/C18H23BrN4O2S/c1-11-5-3-4-6-14(11)20-16(25)10-26-18-22-21-17(23(18)2)13-9-12(19)7-8-15(13)24/h7-9,11,14,24H,3-6,10H2,1-2H3,(H,20,25)/t11-,14-/m0/s1. The number of aromatic hydroxyl groups is 1. The molecule has 2 N–H and O–H groups in total. The fourth-order valence-electron chi connectivity index (χ4n) is 3.27. The number of hydrogen-bond acceptors (Lipinski definition) is 5. The third-order valence-electron chi connectivity index (χ3n) is 4.82. The smallest absolute Gasteiger partial charge is 0.230 e. The van der Waals surface area contributed by atoms with E-state index >= 15 is 0 Å². The Morgan fingerprint density at radius 2 is 2.15 bits per heavy atom. The van der Waals surface area contributed by atoms with Crippen LogP contribution in [0.4, 0.5) is 0 Å². The molecule has 2 atom stereocenters. The van der Waals surface area contributed by atoms with Gasteiger partial charge in [0, 0.05) is 17.6 Å². The van der Waals surface area contributed by atoms with Gasteiger partial charge in [-0.15, -0.1) is 10.2 Å². The van der Waals surface area contributed by atoms with Crippen LogP contribution in [0.2, 0.25) is 0 Å². The second-order valence-corrected chi connectivity index (χ2v) is 8.61. The molecule has 1 aliphatic rings. The molecule has 1 fully saturated rings. The molecule has 3 rings (SSSR count). The predicted octanol–water partition coefficient (Wildman–Crippen LogP) is 3.74. The van der Waals surface area contributed by atoms with Gasteiger partial charge in [0.05, 0.1) is 11.3 Å². The highest BCUT2D eigenvalue weighted by Gasteiger charge is 2.23. The van der Waals surface area contributed by atoms with Gasteiger partial charge in [-0.2, -0.15) is 0 Å². The summed E-state index contributed by atoms with van der Waals surface area (Å²) in [5, 5.41) is 22.2. The van der Waals surface area contributed by atoms with Gasteiger partial charge in [-0.1, -0.05) is 47.5 Å². The lowest BCUT2D eigenvalue weighted by Gasteiger charge is -2.29. The highest BCUT2D eigenvalue weighted by Crippen LogP contribution is 2.32. The van der Waals surface area contributed by atoms with E-state index in [0.717, 1.165) is 10.9 Å². The van der Waals surface area contributed by atoms with Crippen LogP contribution in [-0.2, 0) is 11.8 Å². The molecular weight excluding hydrogens is 416 g/mol. The van der Waals surface area contributed by atoms with E-state index < -0.39 is 0 Å². The van der Waals surface area contributed by atoms with Gasteiger partial charge in [-0.05, 0) is 37.0 Å². The van der Waals surface area contributed by atoms with Crippen LogP contribution in [0.5, 0.6) is 5.75 Å². The fourth-order valence-corrected chi connectivity index (χ4v) is 4.36. The van der Waals surface area contributed by atoms with Crippen molar-refractivity contribution in [1.82, 2.24) is 20.1 Å². The van der Waals surface area contributed by atoms with Crippen molar-refractivity contribution in [2.24, 2.45) is 13.0 Å². The summed E-state index contributed by atoms with van der Waals surface area (Å²) in [4.78, 5) is 12.3. The lowest BCUT2D eigenvalue weighted by atomic mass is 9.86. The summed E-state index contributed by atoms with van der Waals surface area (Å²) < 4.78 is 2.64. The zero-order chi connectivity index (χ0) is 18.7. The van der Waals surface area contributed by atoms with Gasteiger partial charge in [0.2, 0.25) is 5.91 Å². The van der Waals surface area contributed by atoms with Gasteiger partial charge in [-0.25, -0.2) is 0 Å². The minimum Gasteiger partial charge on any atom is -0.507 e. The zero-order valence-corrected chi connectivity index (χ0v) is 17.3. The molecule has 8 heteroatoms. The number of phenols is 1. The average molecular weight is 439 g/mol. The lowest BCUT2D eigenvalue weighted by molar-refractivity contribution is -0.119. The Labute approximate surface area is 165 Å². The molecule has 1 heterocycles. The molecule has 2 aromatic rings. The summed E-state index contributed by atoms with van der Waals surface area (Å²) in [6.07, 6.45) is 4.69. The third kappa shape index (κ3) is 4.40. The molecule has 6 nitrogen and oxygen atoms in total. The first kappa shape index (κ1) is 19.2. The third-order valence-corrected chi connectivity index (χ3v) is 6.34. The Balaban J connectivity index is 1.63. The zero-order valence-electron chi connectivity index (χ0n) is 14.9. The van der Waals surface area contributed by atoms with E-state index in [-0.39, 0.29) is 17.7 Å². The maximum Gasteiger partial charge on any atom is 0.230 e. The summed E-state index contributed by atoms with van der Waals surface area (Å²) >= 11 is 4.75.